The highest BCUT2D eigenvalue weighted by atomic mass is 28.3. The normalized spacial score (nSPS) is 27.7. The summed E-state index contributed by atoms with van der Waals surface area (Å²) in [7, 11) is -1.16. The van der Waals surface area contributed by atoms with Crippen LogP contribution in [0.4, 0.5) is 0 Å². The minimum Gasteiger partial charge on any atom is -0.321 e. The monoisotopic (exact) mass is 224 g/mol. The molecule has 0 amide bonds. The SMILES string of the molecule is CCN(C1CCC(C#N)CC1)[Si](C)(C)C. The van der Waals surface area contributed by atoms with Gasteiger partial charge in [-0.2, -0.15) is 5.26 Å². The van der Waals surface area contributed by atoms with Crippen molar-refractivity contribution < 1.29 is 0 Å². The summed E-state index contributed by atoms with van der Waals surface area (Å²) < 4.78 is 2.72. The molecule has 1 aliphatic carbocycles. The third-order valence-corrected chi connectivity index (χ3v) is 5.93. The molecule has 0 unspecified atom stereocenters. The summed E-state index contributed by atoms with van der Waals surface area (Å²) in [6.45, 7) is 10.7. The van der Waals surface area contributed by atoms with Crippen LogP contribution in [0.5, 0.6) is 0 Å². The summed E-state index contributed by atoms with van der Waals surface area (Å²) in [4.78, 5) is 0. The second-order valence-corrected chi connectivity index (χ2v) is 10.5. The number of nitriles is 1. The van der Waals surface area contributed by atoms with Crippen molar-refractivity contribution in [3.8, 4) is 6.07 Å². The largest absolute Gasteiger partial charge is 0.321 e. The van der Waals surface area contributed by atoms with Crippen molar-refractivity contribution in [1.82, 2.24) is 4.57 Å². The zero-order valence-electron chi connectivity index (χ0n) is 10.6. The van der Waals surface area contributed by atoms with Crippen molar-refractivity contribution in [3.05, 3.63) is 0 Å². The summed E-state index contributed by atoms with van der Waals surface area (Å²) in [6, 6.07) is 3.17. The van der Waals surface area contributed by atoms with E-state index in [-0.39, 0.29) is 0 Å². The van der Waals surface area contributed by atoms with Gasteiger partial charge in [0.15, 0.2) is 0 Å². The Bertz CT molecular complexity index is 231. The maximum absolute atomic E-state index is 8.88. The molecule has 15 heavy (non-hydrogen) atoms. The number of hydrogen-bond acceptors (Lipinski definition) is 2. The molecule has 0 spiro atoms. The van der Waals surface area contributed by atoms with E-state index in [1.165, 1.54) is 19.4 Å². The second-order valence-electron chi connectivity index (χ2n) is 5.59. The quantitative estimate of drug-likeness (QED) is 0.688. The first-order valence-corrected chi connectivity index (χ1v) is 9.60. The van der Waals surface area contributed by atoms with E-state index in [9.17, 15) is 0 Å². The molecule has 0 aromatic rings. The number of nitrogens with zero attached hydrogens (tertiary/aromatic N) is 2. The van der Waals surface area contributed by atoms with Crippen LogP contribution in [0.3, 0.4) is 0 Å². The minimum absolute atomic E-state index is 0.335. The van der Waals surface area contributed by atoms with Crippen molar-refractivity contribution in [3.63, 3.8) is 0 Å². The molecule has 0 aromatic carbocycles. The Morgan fingerprint density at radius 1 is 1.20 bits per heavy atom. The Kier molecular flexibility index (Phi) is 4.36. The Labute approximate surface area is 95.4 Å². The maximum atomic E-state index is 8.88. The van der Waals surface area contributed by atoms with E-state index in [4.69, 9.17) is 5.26 Å². The van der Waals surface area contributed by atoms with Crippen LogP contribution in [0, 0.1) is 17.2 Å². The van der Waals surface area contributed by atoms with Crippen molar-refractivity contribution in [1.29, 1.82) is 5.26 Å². The Morgan fingerprint density at radius 3 is 2.07 bits per heavy atom. The zero-order valence-corrected chi connectivity index (χ0v) is 11.6. The van der Waals surface area contributed by atoms with Crippen LogP contribution in [-0.4, -0.2) is 25.4 Å². The average Bonchev–Trinajstić information content (AvgIpc) is 2.18. The van der Waals surface area contributed by atoms with Crippen LogP contribution in [0.1, 0.15) is 32.6 Å². The predicted molar refractivity (Wildman–Crippen MR) is 67.1 cm³/mol. The van der Waals surface area contributed by atoms with Gasteiger partial charge in [0.1, 0.15) is 8.24 Å². The zero-order chi connectivity index (χ0) is 11.5. The van der Waals surface area contributed by atoms with Gasteiger partial charge in [-0.25, -0.2) is 0 Å². The Hall–Kier alpha value is -0.333. The fraction of sp³-hybridized carbons (Fsp3) is 0.917. The number of rotatable bonds is 3. The van der Waals surface area contributed by atoms with Gasteiger partial charge in [-0.05, 0) is 32.2 Å². The van der Waals surface area contributed by atoms with Crippen molar-refractivity contribution >= 4 is 8.24 Å². The molecule has 0 N–H and O–H groups in total. The lowest BCUT2D eigenvalue weighted by molar-refractivity contribution is 0.234. The molecule has 0 bridgehead atoms. The van der Waals surface area contributed by atoms with E-state index in [1.54, 1.807) is 0 Å². The van der Waals surface area contributed by atoms with Crippen LogP contribution in [-0.2, 0) is 0 Å². The van der Waals surface area contributed by atoms with Crippen LogP contribution >= 0.6 is 0 Å². The summed E-state index contributed by atoms with van der Waals surface area (Å²) in [5.41, 5.74) is 0. The lowest BCUT2D eigenvalue weighted by atomic mass is 9.87. The first kappa shape index (κ1) is 12.7. The van der Waals surface area contributed by atoms with E-state index in [0.717, 1.165) is 18.9 Å². The van der Waals surface area contributed by atoms with Crippen LogP contribution in [0.15, 0.2) is 0 Å². The average molecular weight is 224 g/mol. The van der Waals surface area contributed by atoms with Crippen LogP contribution in [0.25, 0.3) is 0 Å². The van der Waals surface area contributed by atoms with E-state index >= 15 is 0 Å². The molecule has 0 heterocycles. The molecule has 1 rings (SSSR count). The molecule has 0 radical (unpaired) electrons. The highest BCUT2D eigenvalue weighted by molar-refractivity contribution is 6.73. The molecule has 3 heteroatoms. The van der Waals surface area contributed by atoms with Gasteiger partial charge in [-0.3, -0.25) is 0 Å². The maximum Gasteiger partial charge on any atom is 0.119 e. The van der Waals surface area contributed by atoms with Crippen molar-refractivity contribution in [2.75, 3.05) is 6.54 Å². The summed E-state index contributed by atoms with van der Waals surface area (Å²) in [5.74, 6) is 0.335. The fourth-order valence-electron chi connectivity index (χ4n) is 2.80. The molecule has 0 aliphatic heterocycles. The third kappa shape index (κ3) is 3.32. The van der Waals surface area contributed by atoms with E-state index in [2.05, 4.69) is 37.2 Å². The molecule has 2 nitrogen and oxygen atoms in total. The molecular formula is C12H24N2Si. The summed E-state index contributed by atoms with van der Waals surface area (Å²) in [5, 5.41) is 8.88. The van der Waals surface area contributed by atoms with Gasteiger partial charge in [0.25, 0.3) is 0 Å². The summed E-state index contributed by atoms with van der Waals surface area (Å²) >= 11 is 0. The minimum atomic E-state index is -1.16. The standard InChI is InChI=1S/C12H24N2Si/c1-5-14(15(2,3)4)12-8-6-11(10-13)7-9-12/h11-12H,5-9H2,1-4H3. The molecule has 0 atom stereocenters. The second kappa shape index (κ2) is 5.13. The highest BCUT2D eigenvalue weighted by Crippen LogP contribution is 2.29. The molecular weight excluding hydrogens is 200 g/mol. The van der Waals surface area contributed by atoms with Gasteiger partial charge in [-0.15, -0.1) is 0 Å². The van der Waals surface area contributed by atoms with Gasteiger partial charge < -0.3 is 4.57 Å². The van der Waals surface area contributed by atoms with E-state index in [1.807, 2.05) is 0 Å². The van der Waals surface area contributed by atoms with Crippen LogP contribution in [0.2, 0.25) is 19.6 Å². The highest BCUT2D eigenvalue weighted by Gasteiger charge is 2.31. The van der Waals surface area contributed by atoms with Crippen LogP contribution < -0.4 is 0 Å². The number of hydrogen-bond donors (Lipinski definition) is 0. The Balaban J connectivity index is 2.55. The van der Waals surface area contributed by atoms with Crippen molar-refractivity contribution in [2.24, 2.45) is 5.92 Å². The van der Waals surface area contributed by atoms with E-state index < -0.39 is 8.24 Å². The molecule has 0 saturated heterocycles. The van der Waals surface area contributed by atoms with E-state index in [0.29, 0.717) is 5.92 Å². The van der Waals surface area contributed by atoms with Gasteiger partial charge in [0.2, 0.25) is 0 Å². The molecule has 86 valence electrons. The molecule has 1 saturated carbocycles. The molecule has 1 fully saturated rings. The first-order chi connectivity index (χ1) is 6.99. The smallest absolute Gasteiger partial charge is 0.119 e. The van der Waals surface area contributed by atoms with Gasteiger partial charge in [0, 0.05) is 12.0 Å². The topological polar surface area (TPSA) is 27.0 Å². The summed E-state index contributed by atoms with van der Waals surface area (Å²) in [6.07, 6.45) is 4.69. The van der Waals surface area contributed by atoms with Gasteiger partial charge >= 0.3 is 0 Å². The molecule has 0 aromatic heterocycles. The lowest BCUT2D eigenvalue weighted by Crippen LogP contribution is -2.52. The predicted octanol–water partition coefficient (Wildman–Crippen LogP) is 3.23. The molecule has 1 aliphatic rings. The third-order valence-electron chi connectivity index (χ3n) is 3.52. The van der Waals surface area contributed by atoms with Crippen molar-refractivity contribution in [2.45, 2.75) is 58.3 Å². The first-order valence-electron chi connectivity index (χ1n) is 6.15. The fourth-order valence-corrected chi connectivity index (χ4v) is 5.10. The van der Waals surface area contributed by atoms with Gasteiger partial charge in [-0.1, -0.05) is 26.6 Å². The Morgan fingerprint density at radius 2 is 1.73 bits per heavy atom. The van der Waals surface area contributed by atoms with Gasteiger partial charge in [0.05, 0.1) is 6.07 Å². The lowest BCUT2D eigenvalue weighted by Gasteiger charge is -2.42.